The summed E-state index contributed by atoms with van der Waals surface area (Å²) < 4.78 is 58.4. The minimum absolute atomic E-state index is 0.00258. The average Bonchev–Trinajstić information content (AvgIpc) is 3.96. The van der Waals surface area contributed by atoms with Crippen LogP contribution in [0.1, 0.15) is 71.2 Å². The molecule has 78 heavy (non-hydrogen) atoms. The van der Waals surface area contributed by atoms with Crippen LogP contribution in [0.3, 0.4) is 0 Å². The van der Waals surface area contributed by atoms with Crippen LogP contribution in [0.4, 0.5) is 24.0 Å². The zero-order chi connectivity index (χ0) is 57.3. The molecular weight excluding hydrogens is 1030 g/mol. The van der Waals surface area contributed by atoms with Crippen molar-refractivity contribution in [3.63, 3.8) is 0 Å². The lowest BCUT2D eigenvalue weighted by Gasteiger charge is -2.30. The van der Waals surface area contributed by atoms with Gasteiger partial charge in [0.15, 0.2) is 30.5 Å². The second-order valence-electron chi connectivity index (χ2n) is 22.1. The van der Waals surface area contributed by atoms with Gasteiger partial charge in [-0.05, 0) is 95.5 Å². The van der Waals surface area contributed by atoms with E-state index in [9.17, 15) is 38.4 Å². The smallest absolute Gasteiger partial charge is 0.419 e. The Morgan fingerprint density at radius 1 is 0.744 bits per heavy atom. The molecule has 4 bridgehead atoms. The third-order valence-electron chi connectivity index (χ3n) is 12.0. The number of hydrogen-bond acceptors (Lipinski definition) is 18. The third-order valence-corrected chi connectivity index (χ3v) is 13.7. The first kappa shape index (κ1) is 59.6. The van der Waals surface area contributed by atoms with Gasteiger partial charge in [0.1, 0.15) is 54.9 Å². The zero-order valence-electron chi connectivity index (χ0n) is 46.2. The quantitative estimate of drug-likeness (QED) is 0.0467. The summed E-state index contributed by atoms with van der Waals surface area (Å²) in [6, 6.07) is 13.3. The highest BCUT2D eigenvalue weighted by molar-refractivity contribution is 6.76. The van der Waals surface area contributed by atoms with Gasteiger partial charge in [0.05, 0.1) is 20.2 Å². The van der Waals surface area contributed by atoms with E-state index in [-0.39, 0.29) is 73.5 Å². The van der Waals surface area contributed by atoms with Gasteiger partial charge in [-0.15, -0.1) is 0 Å². The molecule has 5 atom stereocenters. The van der Waals surface area contributed by atoms with E-state index >= 15 is 0 Å². The fourth-order valence-electron chi connectivity index (χ4n) is 8.03. The van der Waals surface area contributed by atoms with Crippen LogP contribution in [0, 0.1) is 0 Å². The molecule has 2 N–H and O–H groups in total. The van der Waals surface area contributed by atoms with Crippen LogP contribution in [0.15, 0.2) is 60.7 Å². The highest BCUT2D eigenvalue weighted by atomic mass is 28.3. The zero-order valence-corrected chi connectivity index (χ0v) is 47.2. The highest BCUT2D eigenvalue weighted by Gasteiger charge is 2.42. The summed E-state index contributed by atoms with van der Waals surface area (Å²) in [5, 5.41) is 5.36. The van der Waals surface area contributed by atoms with E-state index in [0.29, 0.717) is 17.7 Å². The Labute approximate surface area is 454 Å². The second kappa shape index (κ2) is 25.2. The van der Waals surface area contributed by atoms with E-state index in [1.807, 2.05) is 0 Å². The molecule has 3 aliphatic heterocycles. The second-order valence-corrected chi connectivity index (χ2v) is 27.7. The molecule has 0 radical (unpaired) electrons. The fourth-order valence-corrected chi connectivity index (χ4v) is 8.79. The Hall–Kier alpha value is -7.60. The fraction of sp³-hybridized carbons (Fsp3) is 0.519. The molecule has 7 amide bonds. The molecule has 3 aliphatic rings. The van der Waals surface area contributed by atoms with E-state index in [1.54, 1.807) is 96.1 Å². The molecule has 2 fully saturated rings. The number of imide groups is 2. The number of carbonyl (C=O) groups is 8. The number of amides is 7. The number of benzene rings is 3. The van der Waals surface area contributed by atoms with Crippen LogP contribution in [0.25, 0.3) is 11.1 Å². The third kappa shape index (κ3) is 16.5. The summed E-state index contributed by atoms with van der Waals surface area (Å²) in [5.41, 5.74) is -0.271. The summed E-state index contributed by atoms with van der Waals surface area (Å²) in [6.45, 7) is 16.5. The van der Waals surface area contributed by atoms with Gasteiger partial charge in [0.25, 0.3) is 0 Å². The maximum Gasteiger partial charge on any atom is 0.419 e. The predicted molar refractivity (Wildman–Crippen MR) is 281 cm³/mol. The van der Waals surface area contributed by atoms with Crippen molar-refractivity contribution >= 4 is 56.3 Å². The summed E-state index contributed by atoms with van der Waals surface area (Å²) in [4.78, 5) is 111. The number of cyclic esters (lactones) is 2. The number of carbonyl (C=O) groups excluding carboxylic acids is 8. The monoisotopic (exact) mass is 1110 g/mol. The van der Waals surface area contributed by atoms with Crippen molar-refractivity contribution in [3.05, 3.63) is 77.4 Å². The molecular formula is C54H71N5O18Si. The van der Waals surface area contributed by atoms with Crippen molar-refractivity contribution in [2.75, 3.05) is 53.9 Å². The molecule has 0 aromatic heterocycles. The van der Waals surface area contributed by atoms with Crippen molar-refractivity contribution < 1.29 is 85.7 Å². The summed E-state index contributed by atoms with van der Waals surface area (Å²) >= 11 is 0. The number of methoxy groups -OCH3 is 1. The number of ether oxygens (including phenoxy) is 10. The lowest BCUT2D eigenvalue weighted by atomic mass is 9.93. The molecule has 424 valence electrons. The van der Waals surface area contributed by atoms with Crippen molar-refractivity contribution in [1.82, 2.24) is 25.3 Å². The molecule has 0 saturated carbocycles. The average molecular weight is 1110 g/mol. The maximum absolute atomic E-state index is 14.9. The normalized spacial score (nSPS) is 19.8. The molecule has 3 heterocycles. The molecule has 0 aliphatic carbocycles. The molecule has 24 heteroatoms. The van der Waals surface area contributed by atoms with E-state index in [4.69, 9.17) is 47.4 Å². The number of likely N-dealkylation sites (N-methyl/N-ethyl adjacent to an activating group) is 1. The van der Waals surface area contributed by atoms with Crippen molar-refractivity contribution in [3.8, 4) is 28.4 Å². The minimum Gasteiger partial charge on any atom is -0.489 e. The van der Waals surface area contributed by atoms with Crippen molar-refractivity contribution in [1.29, 1.82) is 0 Å². The Morgan fingerprint density at radius 2 is 1.33 bits per heavy atom. The van der Waals surface area contributed by atoms with Gasteiger partial charge in [-0.2, -0.15) is 0 Å². The molecule has 3 aromatic rings. The van der Waals surface area contributed by atoms with Gasteiger partial charge in [-0.25, -0.2) is 38.6 Å². The van der Waals surface area contributed by atoms with E-state index < -0.39 is 104 Å². The van der Waals surface area contributed by atoms with Gasteiger partial charge in [-0.1, -0.05) is 56.0 Å². The SMILES string of the molecule is COC(=O)[C@@H]1Cc2ccc(OC[C@H]3CN(C(=O)OC(C)(C)C)C(=O)O3)c(c2)-c2cc(cc(OC[C@@H]3CN(C(=O)OC(C)(C)C)C(=O)O3)c2OCOCC[Si](C)(C)C)[C@H](N(C)C(=O)OCc2ccccc2)C(=O)N[C@@H](C)C(=O)N1. The Kier molecular flexibility index (Phi) is 19.3. The van der Waals surface area contributed by atoms with Crippen LogP contribution in [-0.2, 0) is 60.6 Å². The van der Waals surface area contributed by atoms with Crippen molar-refractivity contribution in [2.24, 2.45) is 0 Å². The first-order valence-corrected chi connectivity index (χ1v) is 29.1. The molecule has 0 spiro atoms. The van der Waals surface area contributed by atoms with Crippen LogP contribution in [-0.4, -0.2) is 160 Å². The summed E-state index contributed by atoms with van der Waals surface area (Å²) in [7, 11) is 0.898. The van der Waals surface area contributed by atoms with Gasteiger partial charge in [0, 0.05) is 39.3 Å². The first-order valence-electron chi connectivity index (χ1n) is 25.4. The standard InChI is InChI=1S/C54H71N5O18Si/c1-32-45(60)56-40(47(62)68-9)23-34-18-19-41(70-29-36-26-58(49(64)74-36)51(66)76-53(2,3)4)38(22-34)39-24-35(43(46(61)55-32)57(8)48(63)72-28-33-16-14-13-15-17-33)25-42(44(39)73-31-69-20-21-78(10,11)12)71-30-37-27-59(50(65)75-37)52(67)77-54(5,6)7/h13-19,22,24-25,32,36-37,40,43H,20-21,23,26-31H2,1-12H3,(H,55,61)(H,56,60)/t32-,36+,37-,40-,43-/m0/s1. The van der Waals surface area contributed by atoms with E-state index in [0.717, 1.165) is 27.9 Å². The lowest BCUT2D eigenvalue weighted by Crippen LogP contribution is -2.53. The Morgan fingerprint density at radius 3 is 1.90 bits per heavy atom. The minimum atomic E-state index is -1.61. The number of hydrogen-bond donors (Lipinski definition) is 2. The van der Waals surface area contributed by atoms with Crippen LogP contribution < -0.4 is 24.8 Å². The Bertz CT molecular complexity index is 2700. The number of esters is 1. The lowest BCUT2D eigenvalue weighted by molar-refractivity contribution is -0.145. The van der Waals surface area contributed by atoms with Gasteiger partial charge in [0.2, 0.25) is 11.8 Å². The molecule has 3 aromatic carbocycles. The van der Waals surface area contributed by atoms with Crippen molar-refractivity contribution in [2.45, 2.75) is 129 Å². The van der Waals surface area contributed by atoms with Crippen LogP contribution in [0.2, 0.25) is 25.7 Å². The molecule has 23 nitrogen and oxygen atoms in total. The highest BCUT2D eigenvalue weighted by Crippen LogP contribution is 2.46. The number of fused-ring (bicyclic) bond motifs is 5. The van der Waals surface area contributed by atoms with E-state index in [2.05, 4.69) is 30.3 Å². The van der Waals surface area contributed by atoms with Crippen LogP contribution in [0.5, 0.6) is 17.2 Å². The number of rotatable bonds is 16. The van der Waals surface area contributed by atoms with Gasteiger partial charge >= 0.3 is 36.4 Å². The largest absolute Gasteiger partial charge is 0.489 e. The maximum atomic E-state index is 14.9. The first-order chi connectivity index (χ1) is 36.6. The predicted octanol–water partition coefficient (Wildman–Crippen LogP) is 7.34. The molecule has 0 unspecified atom stereocenters. The summed E-state index contributed by atoms with van der Waals surface area (Å²) in [6.07, 6.45) is -6.90. The van der Waals surface area contributed by atoms with Crippen LogP contribution >= 0.6 is 0 Å². The number of nitrogens with zero attached hydrogens (tertiary/aromatic N) is 3. The summed E-state index contributed by atoms with van der Waals surface area (Å²) in [5.74, 6) is -2.40. The topological polar surface area (TPSA) is 263 Å². The molecule has 2 saturated heterocycles. The molecule has 6 rings (SSSR count). The van der Waals surface area contributed by atoms with Gasteiger partial charge in [-0.3, -0.25) is 14.5 Å². The van der Waals surface area contributed by atoms with Gasteiger partial charge < -0.3 is 58.0 Å². The Balaban J connectivity index is 1.53. The van der Waals surface area contributed by atoms with E-state index in [1.165, 1.54) is 20.0 Å². The number of nitrogens with one attached hydrogen (secondary N) is 2.